The van der Waals surface area contributed by atoms with E-state index >= 15 is 0 Å². The summed E-state index contributed by atoms with van der Waals surface area (Å²) < 4.78 is 5.22. The summed E-state index contributed by atoms with van der Waals surface area (Å²) in [6, 6.07) is 10.0. The van der Waals surface area contributed by atoms with E-state index in [1.807, 2.05) is 6.92 Å². The van der Waals surface area contributed by atoms with Gasteiger partial charge in [-0.05, 0) is 25.1 Å². The molecule has 1 aliphatic heterocycles. The van der Waals surface area contributed by atoms with Crippen molar-refractivity contribution >= 4 is 28.3 Å². The van der Waals surface area contributed by atoms with E-state index in [0.717, 1.165) is 34.1 Å². The van der Waals surface area contributed by atoms with Crippen molar-refractivity contribution in [2.45, 2.75) is 19.9 Å². The summed E-state index contributed by atoms with van der Waals surface area (Å²) in [7, 11) is 1.46. The molecule has 1 aliphatic rings. The van der Waals surface area contributed by atoms with Crippen LogP contribution in [-0.2, 0) is 13.0 Å². The Kier molecular flexibility index (Phi) is 4.38. The number of methoxy groups -OCH3 is 1. The number of nitrogens with one attached hydrogen (secondary N) is 2. The SMILES string of the molecule is COc1ccc([N+](=O)[O-])cc1NC(=O)N1CCc2[nH]c3ccc(C)cc3c2C1. The normalized spacial score (nSPS) is 13.3. The summed E-state index contributed by atoms with van der Waals surface area (Å²) in [6.07, 6.45) is 0.725. The molecular weight excluding hydrogens is 360 g/mol. The average Bonchev–Trinajstić information content (AvgIpc) is 3.04. The Hall–Kier alpha value is -3.55. The number of aryl methyl sites for hydroxylation is 1. The molecule has 0 fully saturated rings. The Morgan fingerprint density at radius 1 is 1.29 bits per heavy atom. The monoisotopic (exact) mass is 380 g/mol. The van der Waals surface area contributed by atoms with Crippen LogP contribution in [-0.4, -0.2) is 34.5 Å². The van der Waals surface area contributed by atoms with Gasteiger partial charge < -0.3 is 19.9 Å². The number of ether oxygens (including phenoxy) is 1. The number of urea groups is 1. The highest BCUT2D eigenvalue weighted by atomic mass is 16.6. The number of carbonyl (C=O) groups excluding carboxylic acids is 1. The zero-order chi connectivity index (χ0) is 19.8. The van der Waals surface area contributed by atoms with Crippen LogP contribution in [0.5, 0.6) is 5.75 Å². The number of hydrogen-bond donors (Lipinski definition) is 2. The smallest absolute Gasteiger partial charge is 0.322 e. The zero-order valence-corrected chi connectivity index (χ0v) is 15.6. The first-order valence-electron chi connectivity index (χ1n) is 8.94. The van der Waals surface area contributed by atoms with Gasteiger partial charge in [-0.3, -0.25) is 10.1 Å². The van der Waals surface area contributed by atoms with Gasteiger partial charge in [0.25, 0.3) is 5.69 Å². The van der Waals surface area contributed by atoms with E-state index in [1.165, 1.54) is 25.3 Å². The van der Waals surface area contributed by atoms with Crippen LogP contribution in [0.25, 0.3) is 10.9 Å². The van der Waals surface area contributed by atoms with Gasteiger partial charge in [0.1, 0.15) is 5.75 Å². The Morgan fingerprint density at radius 2 is 2.11 bits per heavy atom. The molecule has 3 aromatic rings. The molecule has 0 atom stereocenters. The Bertz CT molecular complexity index is 1090. The minimum absolute atomic E-state index is 0.107. The first-order valence-corrected chi connectivity index (χ1v) is 8.94. The standard InChI is InChI=1S/C20H20N4O4/c1-12-3-5-16-14(9-12)15-11-23(8-7-17(15)21-16)20(25)22-18-10-13(24(26)27)4-6-19(18)28-2/h3-6,9-10,21H,7-8,11H2,1-2H3,(H,22,25). The van der Waals surface area contributed by atoms with Crippen molar-refractivity contribution in [3.63, 3.8) is 0 Å². The third-order valence-corrected chi connectivity index (χ3v) is 5.05. The highest BCUT2D eigenvalue weighted by Crippen LogP contribution is 2.31. The summed E-state index contributed by atoms with van der Waals surface area (Å²) >= 11 is 0. The number of nitro benzene ring substituents is 1. The van der Waals surface area contributed by atoms with Crippen LogP contribution >= 0.6 is 0 Å². The molecular formula is C20H20N4O4. The number of aromatic amines is 1. The highest BCUT2D eigenvalue weighted by Gasteiger charge is 2.25. The van der Waals surface area contributed by atoms with Gasteiger partial charge in [0.15, 0.2) is 0 Å². The van der Waals surface area contributed by atoms with E-state index in [4.69, 9.17) is 4.74 Å². The largest absolute Gasteiger partial charge is 0.495 e. The maximum Gasteiger partial charge on any atom is 0.322 e. The van der Waals surface area contributed by atoms with E-state index < -0.39 is 4.92 Å². The van der Waals surface area contributed by atoms with Gasteiger partial charge in [-0.25, -0.2) is 4.79 Å². The molecule has 1 aromatic heterocycles. The summed E-state index contributed by atoms with van der Waals surface area (Å²) in [4.78, 5) is 28.5. The van der Waals surface area contributed by atoms with Crippen molar-refractivity contribution < 1.29 is 14.5 Å². The second-order valence-corrected chi connectivity index (χ2v) is 6.87. The molecule has 0 saturated carbocycles. The third kappa shape index (κ3) is 3.13. The van der Waals surface area contributed by atoms with Crippen LogP contribution in [0.2, 0.25) is 0 Å². The van der Waals surface area contributed by atoms with Gasteiger partial charge in [-0.2, -0.15) is 0 Å². The molecule has 0 unspecified atom stereocenters. The minimum Gasteiger partial charge on any atom is -0.495 e. The number of H-pyrrole nitrogens is 1. The number of nitro groups is 1. The van der Waals surface area contributed by atoms with E-state index in [-0.39, 0.29) is 17.4 Å². The lowest BCUT2D eigenvalue weighted by Crippen LogP contribution is -2.38. The molecule has 8 nitrogen and oxygen atoms in total. The molecule has 144 valence electrons. The predicted molar refractivity (Wildman–Crippen MR) is 106 cm³/mol. The number of rotatable bonds is 3. The van der Waals surface area contributed by atoms with Crippen LogP contribution in [0, 0.1) is 17.0 Å². The second-order valence-electron chi connectivity index (χ2n) is 6.87. The Morgan fingerprint density at radius 3 is 2.86 bits per heavy atom. The molecule has 8 heteroatoms. The summed E-state index contributed by atoms with van der Waals surface area (Å²) in [5, 5.41) is 14.9. The van der Waals surface area contributed by atoms with Crippen molar-refractivity contribution in [1.82, 2.24) is 9.88 Å². The van der Waals surface area contributed by atoms with Crippen LogP contribution in [0.15, 0.2) is 36.4 Å². The average molecular weight is 380 g/mol. The van der Waals surface area contributed by atoms with E-state index in [2.05, 4.69) is 28.5 Å². The van der Waals surface area contributed by atoms with Crippen LogP contribution in [0.1, 0.15) is 16.8 Å². The number of benzene rings is 2. The lowest BCUT2D eigenvalue weighted by molar-refractivity contribution is -0.384. The van der Waals surface area contributed by atoms with Gasteiger partial charge >= 0.3 is 6.03 Å². The fourth-order valence-corrected chi connectivity index (χ4v) is 3.60. The topological polar surface area (TPSA) is 100 Å². The summed E-state index contributed by atoms with van der Waals surface area (Å²) in [6.45, 7) is 3.07. The van der Waals surface area contributed by atoms with Crippen molar-refractivity contribution in [2.24, 2.45) is 0 Å². The molecule has 2 N–H and O–H groups in total. The van der Waals surface area contributed by atoms with Crippen molar-refractivity contribution in [2.75, 3.05) is 19.0 Å². The lowest BCUT2D eigenvalue weighted by Gasteiger charge is -2.27. The van der Waals surface area contributed by atoms with Crippen LogP contribution in [0.3, 0.4) is 0 Å². The van der Waals surface area contributed by atoms with Gasteiger partial charge in [0.05, 0.1) is 17.7 Å². The molecule has 4 rings (SSSR count). The number of amides is 2. The van der Waals surface area contributed by atoms with Gasteiger partial charge in [-0.1, -0.05) is 11.6 Å². The first kappa shape index (κ1) is 17.8. The minimum atomic E-state index is -0.503. The van der Waals surface area contributed by atoms with Crippen LogP contribution in [0.4, 0.5) is 16.2 Å². The second kappa shape index (κ2) is 6.88. The summed E-state index contributed by atoms with van der Waals surface area (Å²) in [5.41, 5.74) is 4.67. The maximum atomic E-state index is 12.8. The number of fused-ring (bicyclic) bond motifs is 3. The van der Waals surface area contributed by atoms with Crippen LogP contribution < -0.4 is 10.1 Å². The molecule has 0 radical (unpaired) electrons. The van der Waals surface area contributed by atoms with Gasteiger partial charge in [-0.15, -0.1) is 0 Å². The van der Waals surface area contributed by atoms with E-state index in [1.54, 1.807) is 4.90 Å². The number of hydrogen-bond acceptors (Lipinski definition) is 4. The lowest BCUT2D eigenvalue weighted by atomic mass is 10.0. The zero-order valence-electron chi connectivity index (χ0n) is 15.6. The molecule has 28 heavy (non-hydrogen) atoms. The maximum absolute atomic E-state index is 12.8. The first-order chi connectivity index (χ1) is 13.5. The molecule has 0 aliphatic carbocycles. The quantitative estimate of drug-likeness (QED) is 0.530. The summed E-state index contributed by atoms with van der Waals surface area (Å²) in [5.74, 6) is 0.374. The van der Waals surface area contributed by atoms with Crippen molar-refractivity contribution in [3.05, 3.63) is 63.3 Å². The Balaban J connectivity index is 1.59. The number of non-ortho nitro benzene ring substituents is 1. The molecule has 0 saturated heterocycles. The number of aromatic nitrogens is 1. The highest BCUT2D eigenvalue weighted by molar-refractivity contribution is 5.92. The number of carbonyl (C=O) groups is 1. The van der Waals surface area contributed by atoms with Gasteiger partial charge in [0, 0.05) is 53.8 Å². The fraction of sp³-hybridized carbons (Fsp3) is 0.250. The van der Waals surface area contributed by atoms with E-state index in [0.29, 0.717) is 18.8 Å². The third-order valence-electron chi connectivity index (χ3n) is 5.05. The molecule has 2 aromatic carbocycles. The molecule has 0 bridgehead atoms. The molecule has 2 heterocycles. The molecule has 2 amide bonds. The number of nitrogens with zero attached hydrogens (tertiary/aromatic N) is 2. The fourth-order valence-electron chi connectivity index (χ4n) is 3.60. The van der Waals surface area contributed by atoms with Gasteiger partial charge in [0.2, 0.25) is 0 Å². The van der Waals surface area contributed by atoms with E-state index in [9.17, 15) is 14.9 Å². The van der Waals surface area contributed by atoms with Crippen molar-refractivity contribution in [3.8, 4) is 5.75 Å². The Labute approximate surface area is 161 Å². The molecule has 0 spiro atoms. The number of anilines is 1. The predicted octanol–water partition coefficient (Wildman–Crippen LogP) is 3.98. The van der Waals surface area contributed by atoms with Crippen molar-refractivity contribution in [1.29, 1.82) is 0 Å².